The third kappa shape index (κ3) is 4.35. The fraction of sp³-hybridized carbons (Fsp3) is 0.160. The van der Waals surface area contributed by atoms with Crippen molar-refractivity contribution in [3.05, 3.63) is 108 Å². The molecule has 0 aliphatic heterocycles. The molecule has 1 aliphatic rings. The summed E-state index contributed by atoms with van der Waals surface area (Å²) in [5, 5.41) is 3.47. The molecule has 0 saturated heterocycles. The highest BCUT2D eigenvalue weighted by molar-refractivity contribution is 5.92. The van der Waals surface area contributed by atoms with E-state index < -0.39 is 0 Å². The van der Waals surface area contributed by atoms with Gasteiger partial charge in [-0.15, -0.1) is 0 Å². The van der Waals surface area contributed by atoms with Gasteiger partial charge in [-0.2, -0.15) is 0 Å². The second kappa shape index (κ2) is 8.05. The Morgan fingerprint density at radius 3 is 2.07 bits per heavy atom. The summed E-state index contributed by atoms with van der Waals surface area (Å²) in [6.07, 6.45) is 3.26. The van der Waals surface area contributed by atoms with Crippen LogP contribution in [0.5, 0.6) is 0 Å². The third-order valence-electron chi connectivity index (χ3n) is 5.10. The van der Waals surface area contributed by atoms with Crippen molar-refractivity contribution in [2.24, 2.45) is 0 Å². The maximum Gasteiger partial charge on any atom is 0.158 e. The molecule has 0 spiro atoms. The summed E-state index contributed by atoms with van der Waals surface area (Å²) in [4.78, 5) is 12.2. The van der Waals surface area contributed by atoms with Gasteiger partial charge in [-0.1, -0.05) is 84.9 Å². The number of rotatable bonds is 5. The number of allylic oxidation sites excluding steroid dienone is 2. The number of carbonyl (C=O) groups excluding carboxylic acids is 1. The van der Waals surface area contributed by atoms with Gasteiger partial charge >= 0.3 is 0 Å². The molecule has 0 bridgehead atoms. The van der Waals surface area contributed by atoms with Gasteiger partial charge in [-0.25, -0.2) is 0 Å². The number of ketones is 1. The molecular weight excluding hydrogens is 330 g/mol. The maximum absolute atomic E-state index is 12.2. The summed E-state index contributed by atoms with van der Waals surface area (Å²) in [5.74, 6) is 0.476. The molecule has 0 fully saturated rings. The molecule has 2 nitrogen and oxygen atoms in total. The van der Waals surface area contributed by atoms with E-state index in [0.717, 1.165) is 18.7 Å². The Morgan fingerprint density at radius 2 is 1.37 bits per heavy atom. The lowest BCUT2D eigenvalue weighted by atomic mass is 9.85. The minimum Gasteiger partial charge on any atom is -0.384 e. The van der Waals surface area contributed by atoms with Gasteiger partial charge in [0.05, 0.1) is 0 Å². The molecule has 2 heteroatoms. The van der Waals surface area contributed by atoms with Crippen LogP contribution in [0, 0.1) is 0 Å². The zero-order chi connectivity index (χ0) is 18.5. The summed E-state index contributed by atoms with van der Waals surface area (Å²) in [5.41, 5.74) is 5.93. The zero-order valence-corrected chi connectivity index (χ0v) is 15.3. The van der Waals surface area contributed by atoms with E-state index in [-0.39, 0.29) is 11.7 Å². The molecule has 3 aromatic carbocycles. The molecule has 27 heavy (non-hydrogen) atoms. The molecule has 1 unspecified atom stereocenters. The largest absolute Gasteiger partial charge is 0.384 e. The van der Waals surface area contributed by atoms with Gasteiger partial charge in [0.1, 0.15) is 0 Å². The van der Waals surface area contributed by atoms with Crippen molar-refractivity contribution in [1.29, 1.82) is 0 Å². The van der Waals surface area contributed by atoms with Crippen LogP contribution in [0.15, 0.2) is 96.7 Å². The fourth-order valence-corrected chi connectivity index (χ4v) is 3.64. The molecule has 1 atom stereocenters. The second-order valence-electron chi connectivity index (χ2n) is 7.07. The van der Waals surface area contributed by atoms with E-state index in [1.165, 1.54) is 22.3 Å². The van der Waals surface area contributed by atoms with Crippen LogP contribution in [-0.2, 0) is 11.3 Å². The lowest BCUT2D eigenvalue weighted by Gasteiger charge is -2.23. The van der Waals surface area contributed by atoms with E-state index in [1.54, 1.807) is 6.08 Å². The van der Waals surface area contributed by atoms with Crippen LogP contribution in [0.2, 0.25) is 0 Å². The number of benzene rings is 3. The van der Waals surface area contributed by atoms with Gasteiger partial charge in [-0.05, 0) is 34.6 Å². The molecule has 1 N–H and O–H groups in total. The lowest BCUT2D eigenvalue weighted by Crippen LogP contribution is -2.21. The first-order chi connectivity index (χ1) is 13.3. The average molecular weight is 353 g/mol. The quantitative estimate of drug-likeness (QED) is 0.658. The van der Waals surface area contributed by atoms with Crippen molar-refractivity contribution >= 4 is 5.78 Å². The molecular formula is C25H23NO. The Kier molecular flexibility index (Phi) is 5.15. The van der Waals surface area contributed by atoms with Gasteiger partial charge in [0.15, 0.2) is 5.78 Å². The van der Waals surface area contributed by atoms with Crippen LogP contribution in [0.1, 0.15) is 29.9 Å². The van der Waals surface area contributed by atoms with E-state index in [2.05, 4.69) is 66.0 Å². The van der Waals surface area contributed by atoms with Gasteiger partial charge in [0, 0.05) is 24.7 Å². The molecule has 4 rings (SSSR count). The van der Waals surface area contributed by atoms with Crippen molar-refractivity contribution in [2.75, 3.05) is 0 Å². The van der Waals surface area contributed by atoms with Crippen LogP contribution >= 0.6 is 0 Å². The maximum atomic E-state index is 12.2. The Labute approximate surface area is 160 Å². The smallest absolute Gasteiger partial charge is 0.158 e. The van der Waals surface area contributed by atoms with Gasteiger partial charge in [0.2, 0.25) is 0 Å². The standard InChI is InChI=1S/C25H23NO/c27-25-16-23(21-9-5-2-6-10-21)15-24(17-25)26-18-19-11-13-22(14-12-19)20-7-3-1-4-8-20/h1-14,17,23,26H,15-16,18H2. The summed E-state index contributed by atoms with van der Waals surface area (Å²) in [7, 11) is 0. The molecule has 3 aromatic rings. The second-order valence-corrected chi connectivity index (χ2v) is 7.07. The summed E-state index contributed by atoms with van der Waals surface area (Å²) in [6.45, 7) is 0.732. The zero-order valence-electron chi connectivity index (χ0n) is 15.3. The summed E-state index contributed by atoms with van der Waals surface area (Å²) in [6, 6.07) is 29.3. The number of carbonyl (C=O) groups is 1. The fourth-order valence-electron chi connectivity index (χ4n) is 3.64. The molecule has 0 amide bonds. The molecule has 0 radical (unpaired) electrons. The normalized spacial score (nSPS) is 16.7. The van der Waals surface area contributed by atoms with E-state index in [0.29, 0.717) is 6.42 Å². The average Bonchev–Trinajstić information content (AvgIpc) is 2.73. The van der Waals surface area contributed by atoms with Crippen LogP contribution in [0.4, 0.5) is 0 Å². The molecule has 0 saturated carbocycles. The Bertz CT molecular complexity index is 927. The van der Waals surface area contributed by atoms with Gasteiger partial charge in [-0.3, -0.25) is 4.79 Å². The van der Waals surface area contributed by atoms with Crippen molar-refractivity contribution in [2.45, 2.75) is 25.3 Å². The Hall–Kier alpha value is -3.13. The topological polar surface area (TPSA) is 29.1 Å². The van der Waals surface area contributed by atoms with Crippen molar-refractivity contribution in [1.82, 2.24) is 5.32 Å². The lowest BCUT2D eigenvalue weighted by molar-refractivity contribution is -0.115. The van der Waals surface area contributed by atoms with E-state index in [9.17, 15) is 4.79 Å². The van der Waals surface area contributed by atoms with E-state index >= 15 is 0 Å². The van der Waals surface area contributed by atoms with E-state index in [1.807, 2.05) is 24.3 Å². The minimum absolute atomic E-state index is 0.206. The highest BCUT2D eigenvalue weighted by atomic mass is 16.1. The highest BCUT2D eigenvalue weighted by Gasteiger charge is 2.21. The van der Waals surface area contributed by atoms with Crippen LogP contribution in [0.3, 0.4) is 0 Å². The number of hydrogen-bond donors (Lipinski definition) is 1. The molecule has 134 valence electrons. The Morgan fingerprint density at radius 1 is 0.741 bits per heavy atom. The van der Waals surface area contributed by atoms with E-state index in [4.69, 9.17) is 0 Å². The first-order valence-electron chi connectivity index (χ1n) is 9.44. The number of nitrogens with one attached hydrogen (secondary N) is 1. The predicted molar refractivity (Wildman–Crippen MR) is 110 cm³/mol. The van der Waals surface area contributed by atoms with Crippen molar-refractivity contribution in [3.63, 3.8) is 0 Å². The summed E-state index contributed by atoms with van der Waals surface area (Å²) < 4.78 is 0. The van der Waals surface area contributed by atoms with Gasteiger partial charge in [0.25, 0.3) is 0 Å². The third-order valence-corrected chi connectivity index (χ3v) is 5.10. The SMILES string of the molecule is O=C1C=C(NCc2ccc(-c3ccccc3)cc2)CC(c2ccccc2)C1. The Balaban J connectivity index is 1.40. The number of hydrogen-bond acceptors (Lipinski definition) is 2. The van der Waals surface area contributed by atoms with Crippen LogP contribution in [0.25, 0.3) is 11.1 Å². The van der Waals surface area contributed by atoms with Crippen molar-refractivity contribution < 1.29 is 4.79 Å². The van der Waals surface area contributed by atoms with Gasteiger partial charge < -0.3 is 5.32 Å². The van der Waals surface area contributed by atoms with Crippen LogP contribution in [-0.4, -0.2) is 5.78 Å². The monoisotopic (exact) mass is 353 g/mol. The predicted octanol–water partition coefficient (Wildman–Crippen LogP) is 5.47. The first kappa shape index (κ1) is 17.3. The first-order valence-corrected chi connectivity index (χ1v) is 9.44. The molecule has 1 aliphatic carbocycles. The minimum atomic E-state index is 0.206. The molecule has 0 heterocycles. The molecule has 0 aromatic heterocycles. The van der Waals surface area contributed by atoms with Crippen LogP contribution < -0.4 is 5.32 Å². The summed E-state index contributed by atoms with van der Waals surface area (Å²) >= 11 is 0. The van der Waals surface area contributed by atoms with Crippen molar-refractivity contribution in [3.8, 4) is 11.1 Å². The highest BCUT2D eigenvalue weighted by Crippen LogP contribution is 2.30.